The zero-order valence-corrected chi connectivity index (χ0v) is 9.98. The quantitative estimate of drug-likeness (QED) is 0.770. The second-order valence-electron chi connectivity index (χ2n) is 2.46. The summed E-state index contributed by atoms with van der Waals surface area (Å²) in [4.78, 5) is 7.83. The Morgan fingerprint density at radius 3 is 2.62 bits per heavy atom. The van der Waals surface area contributed by atoms with E-state index in [1.165, 1.54) is 13.3 Å². The Hall–Kier alpha value is -2.09. The van der Waals surface area contributed by atoms with Crippen LogP contribution in [0.4, 0.5) is 5.82 Å². The number of nitrogen functional groups attached to an aromatic ring is 1. The molecular weight excluding hydrogens is 204 g/mol. The first-order valence-corrected chi connectivity index (χ1v) is 4.96. The van der Waals surface area contributed by atoms with E-state index in [9.17, 15) is 0 Å². The van der Waals surface area contributed by atoms with Gasteiger partial charge in [0.25, 0.3) is 0 Å². The van der Waals surface area contributed by atoms with Crippen LogP contribution < -0.4 is 5.73 Å². The van der Waals surface area contributed by atoms with Gasteiger partial charge in [-0.25, -0.2) is 9.97 Å². The summed E-state index contributed by atoms with van der Waals surface area (Å²) in [5.74, 6) is 0.691. The van der Waals surface area contributed by atoms with Crippen molar-refractivity contribution in [2.45, 2.75) is 20.8 Å². The Labute approximate surface area is 95.6 Å². The minimum Gasteiger partial charge on any atom is -0.495 e. The lowest BCUT2D eigenvalue weighted by Gasteiger charge is -2.04. The van der Waals surface area contributed by atoms with E-state index in [1.807, 2.05) is 26.8 Å². The standard InChI is InChI=1S/C9H10N4O.C2H6/c1-3-8(14-2)7-5-12-9(11)6(4-10)13-7;1-2/h3,5H,1-2H3,(H2,11,12);1-2H3/b8-3-;. The van der Waals surface area contributed by atoms with Crippen LogP contribution in [-0.2, 0) is 4.74 Å². The van der Waals surface area contributed by atoms with Crippen molar-refractivity contribution in [1.29, 1.82) is 5.26 Å². The van der Waals surface area contributed by atoms with E-state index in [0.29, 0.717) is 11.5 Å². The second-order valence-corrected chi connectivity index (χ2v) is 2.46. The first-order chi connectivity index (χ1) is 7.72. The van der Waals surface area contributed by atoms with Crippen LogP contribution >= 0.6 is 0 Å². The number of hydrogen-bond acceptors (Lipinski definition) is 5. The van der Waals surface area contributed by atoms with Crippen LogP contribution in [-0.4, -0.2) is 17.1 Å². The Morgan fingerprint density at radius 1 is 1.56 bits per heavy atom. The lowest BCUT2D eigenvalue weighted by atomic mass is 10.3. The molecule has 86 valence electrons. The summed E-state index contributed by atoms with van der Waals surface area (Å²) in [6.07, 6.45) is 3.20. The second kappa shape index (κ2) is 7.23. The molecule has 0 saturated carbocycles. The van der Waals surface area contributed by atoms with Crippen molar-refractivity contribution < 1.29 is 4.74 Å². The monoisotopic (exact) mass is 220 g/mol. The fraction of sp³-hybridized carbons (Fsp3) is 0.364. The third-order valence-corrected chi connectivity index (χ3v) is 1.64. The van der Waals surface area contributed by atoms with Gasteiger partial charge in [-0.05, 0) is 13.0 Å². The van der Waals surface area contributed by atoms with Crippen molar-refractivity contribution in [2.24, 2.45) is 0 Å². The lowest BCUT2D eigenvalue weighted by molar-refractivity contribution is 0.367. The fourth-order valence-electron chi connectivity index (χ4n) is 0.970. The highest BCUT2D eigenvalue weighted by molar-refractivity contribution is 5.57. The third kappa shape index (κ3) is 3.24. The lowest BCUT2D eigenvalue weighted by Crippen LogP contribution is -2.01. The molecule has 5 nitrogen and oxygen atoms in total. The zero-order chi connectivity index (χ0) is 12.6. The average Bonchev–Trinajstić information content (AvgIpc) is 2.35. The normalized spacial score (nSPS) is 9.81. The molecule has 1 aromatic rings. The van der Waals surface area contributed by atoms with Crippen LogP contribution in [0.2, 0.25) is 0 Å². The van der Waals surface area contributed by atoms with Crippen LogP contribution in [0.15, 0.2) is 12.3 Å². The number of methoxy groups -OCH3 is 1. The Kier molecular flexibility index (Phi) is 6.29. The van der Waals surface area contributed by atoms with Gasteiger partial charge < -0.3 is 10.5 Å². The van der Waals surface area contributed by atoms with Crippen LogP contribution in [0.3, 0.4) is 0 Å². The van der Waals surface area contributed by atoms with E-state index in [0.717, 1.165) is 0 Å². The highest BCUT2D eigenvalue weighted by atomic mass is 16.5. The summed E-state index contributed by atoms with van der Waals surface area (Å²) < 4.78 is 5.03. The number of aromatic nitrogens is 2. The number of nitrogens with zero attached hydrogens (tertiary/aromatic N) is 3. The summed E-state index contributed by atoms with van der Waals surface area (Å²) in [6, 6.07) is 1.86. The molecule has 0 aliphatic rings. The molecule has 1 heterocycles. The molecule has 16 heavy (non-hydrogen) atoms. The molecule has 0 spiro atoms. The Balaban J connectivity index is 0.00000106. The van der Waals surface area contributed by atoms with Crippen LogP contribution in [0.1, 0.15) is 32.2 Å². The van der Waals surface area contributed by atoms with Crippen LogP contribution in [0.5, 0.6) is 0 Å². The first-order valence-electron chi connectivity index (χ1n) is 4.96. The topological polar surface area (TPSA) is 84.8 Å². The van der Waals surface area contributed by atoms with Gasteiger partial charge in [0, 0.05) is 0 Å². The number of nitriles is 1. The first kappa shape index (κ1) is 13.9. The molecule has 0 aliphatic carbocycles. The minimum absolute atomic E-state index is 0.110. The summed E-state index contributed by atoms with van der Waals surface area (Å²) in [5.41, 5.74) is 6.04. The van der Waals surface area contributed by atoms with Crippen molar-refractivity contribution in [3.8, 4) is 6.07 Å². The van der Waals surface area contributed by atoms with Crippen molar-refractivity contribution >= 4 is 11.6 Å². The highest BCUT2D eigenvalue weighted by Gasteiger charge is 2.07. The van der Waals surface area contributed by atoms with E-state index in [2.05, 4.69) is 9.97 Å². The molecule has 0 amide bonds. The average molecular weight is 220 g/mol. The van der Waals surface area contributed by atoms with Gasteiger partial charge in [-0.3, -0.25) is 0 Å². The zero-order valence-electron chi connectivity index (χ0n) is 9.98. The molecule has 5 heteroatoms. The van der Waals surface area contributed by atoms with Crippen molar-refractivity contribution in [1.82, 2.24) is 9.97 Å². The Morgan fingerprint density at radius 2 is 2.19 bits per heavy atom. The molecule has 0 atom stereocenters. The summed E-state index contributed by atoms with van der Waals surface area (Å²) in [7, 11) is 1.53. The van der Waals surface area contributed by atoms with Gasteiger partial charge in [0.05, 0.1) is 13.3 Å². The molecule has 0 fully saturated rings. The van der Waals surface area contributed by atoms with E-state index in [4.69, 9.17) is 15.7 Å². The maximum absolute atomic E-state index is 8.68. The van der Waals surface area contributed by atoms with E-state index in [-0.39, 0.29) is 11.5 Å². The maximum Gasteiger partial charge on any atom is 0.183 e. The number of ether oxygens (including phenoxy) is 1. The van der Waals surface area contributed by atoms with E-state index >= 15 is 0 Å². The van der Waals surface area contributed by atoms with Gasteiger partial charge in [-0.2, -0.15) is 5.26 Å². The number of nitrogens with two attached hydrogens (primary N) is 1. The van der Waals surface area contributed by atoms with Gasteiger partial charge >= 0.3 is 0 Å². The number of hydrogen-bond donors (Lipinski definition) is 1. The molecule has 1 rings (SSSR count). The Bertz CT molecular complexity index is 407. The van der Waals surface area contributed by atoms with Gasteiger partial charge in [0.2, 0.25) is 0 Å². The molecule has 1 aromatic heterocycles. The fourth-order valence-corrected chi connectivity index (χ4v) is 0.970. The molecule has 2 N–H and O–H groups in total. The smallest absolute Gasteiger partial charge is 0.183 e. The maximum atomic E-state index is 8.68. The number of rotatable bonds is 2. The molecule has 0 aromatic carbocycles. The molecule has 0 bridgehead atoms. The van der Waals surface area contributed by atoms with Crippen LogP contribution in [0.25, 0.3) is 5.76 Å². The molecule has 0 saturated heterocycles. The summed E-state index contributed by atoms with van der Waals surface area (Å²) >= 11 is 0. The predicted octanol–water partition coefficient (Wildman–Crippen LogP) is 1.96. The highest BCUT2D eigenvalue weighted by Crippen LogP contribution is 2.13. The van der Waals surface area contributed by atoms with Crippen LogP contribution in [0, 0.1) is 11.3 Å². The summed E-state index contributed by atoms with van der Waals surface area (Å²) in [6.45, 7) is 5.81. The number of allylic oxidation sites excluding steroid dienone is 1. The third-order valence-electron chi connectivity index (χ3n) is 1.64. The SMILES string of the molecule is C/C=C(\OC)c1cnc(N)c(C#N)n1.CC. The van der Waals surface area contributed by atoms with Gasteiger partial charge in [-0.1, -0.05) is 13.8 Å². The largest absolute Gasteiger partial charge is 0.495 e. The van der Waals surface area contributed by atoms with E-state index < -0.39 is 0 Å². The minimum atomic E-state index is 0.110. The van der Waals surface area contributed by atoms with Crippen molar-refractivity contribution in [3.05, 3.63) is 23.7 Å². The van der Waals surface area contributed by atoms with Gasteiger partial charge in [-0.15, -0.1) is 0 Å². The molecule has 0 aliphatic heterocycles. The van der Waals surface area contributed by atoms with E-state index in [1.54, 1.807) is 6.08 Å². The predicted molar refractivity (Wildman–Crippen MR) is 63.2 cm³/mol. The molecule has 0 unspecified atom stereocenters. The number of anilines is 1. The van der Waals surface area contributed by atoms with Gasteiger partial charge in [0.1, 0.15) is 17.5 Å². The van der Waals surface area contributed by atoms with Crippen molar-refractivity contribution in [3.63, 3.8) is 0 Å². The van der Waals surface area contributed by atoms with Gasteiger partial charge in [0.15, 0.2) is 11.5 Å². The molecule has 0 radical (unpaired) electrons. The van der Waals surface area contributed by atoms with Crippen molar-refractivity contribution in [2.75, 3.05) is 12.8 Å². The summed E-state index contributed by atoms with van der Waals surface area (Å²) in [5, 5.41) is 8.68. The molecular formula is C11H16N4O.